The quantitative estimate of drug-likeness (QED) is 0.762. The Kier molecular flexibility index (Phi) is 6.15. The lowest BCUT2D eigenvalue weighted by atomic mass is 10.2. The van der Waals surface area contributed by atoms with Crippen LogP contribution in [0.15, 0.2) is 30.3 Å². The molecule has 23 heavy (non-hydrogen) atoms. The van der Waals surface area contributed by atoms with Gasteiger partial charge in [0.1, 0.15) is 0 Å². The minimum Gasteiger partial charge on any atom is -0.340 e. The van der Waals surface area contributed by atoms with Gasteiger partial charge in [0.2, 0.25) is 15.9 Å². The van der Waals surface area contributed by atoms with Crippen molar-refractivity contribution in [1.29, 1.82) is 0 Å². The molecule has 0 aromatic heterocycles. The fourth-order valence-corrected chi connectivity index (χ4v) is 3.39. The molecule has 0 unspecified atom stereocenters. The van der Waals surface area contributed by atoms with Crippen molar-refractivity contribution in [2.45, 2.75) is 13.0 Å². The number of sulfonamides is 1. The number of hydrogen-bond donors (Lipinski definition) is 0. The molecule has 0 saturated carbocycles. The monoisotopic (exact) mass is 339 g/mol. The van der Waals surface area contributed by atoms with Crippen LogP contribution in [0.2, 0.25) is 0 Å². The van der Waals surface area contributed by atoms with Crippen LogP contribution < -0.4 is 0 Å². The van der Waals surface area contributed by atoms with Crippen molar-refractivity contribution in [3.8, 4) is 0 Å². The van der Waals surface area contributed by atoms with E-state index in [0.29, 0.717) is 19.6 Å². The molecule has 2 rings (SSSR count). The number of carbonyl (C=O) groups excluding carboxylic acids is 1. The van der Waals surface area contributed by atoms with Gasteiger partial charge < -0.3 is 9.80 Å². The minimum atomic E-state index is -3.34. The van der Waals surface area contributed by atoms with Gasteiger partial charge in [-0.25, -0.2) is 8.42 Å². The first-order valence-corrected chi connectivity index (χ1v) is 9.66. The van der Waals surface area contributed by atoms with Crippen molar-refractivity contribution < 1.29 is 13.2 Å². The number of amides is 1. The summed E-state index contributed by atoms with van der Waals surface area (Å²) in [4.78, 5) is 16.3. The van der Waals surface area contributed by atoms with E-state index in [1.165, 1.54) is 10.6 Å². The summed E-state index contributed by atoms with van der Waals surface area (Å²) in [5.74, 6) is 0.0276. The van der Waals surface area contributed by atoms with Crippen LogP contribution >= 0.6 is 0 Å². The van der Waals surface area contributed by atoms with Gasteiger partial charge in [-0.2, -0.15) is 4.31 Å². The van der Waals surface area contributed by atoms with Gasteiger partial charge in [0.25, 0.3) is 0 Å². The largest absolute Gasteiger partial charge is 0.340 e. The normalized spacial score (nSPS) is 16.7. The average Bonchev–Trinajstić information content (AvgIpc) is 2.51. The number of hydrogen-bond acceptors (Lipinski definition) is 4. The Labute approximate surface area is 138 Å². The van der Waals surface area contributed by atoms with E-state index < -0.39 is 10.0 Å². The van der Waals surface area contributed by atoms with Crippen LogP contribution in [0.1, 0.15) is 12.0 Å². The summed E-state index contributed by atoms with van der Waals surface area (Å²) in [6, 6.07) is 9.43. The summed E-state index contributed by atoms with van der Waals surface area (Å²) >= 11 is 0. The lowest BCUT2D eigenvalue weighted by molar-refractivity contribution is -0.132. The molecular weight excluding hydrogens is 314 g/mol. The SMILES string of the molecule is CN1CCN(C(=O)CCN(Cc2ccccc2)S(C)(=O)=O)CC1. The van der Waals surface area contributed by atoms with E-state index in [-0.39, 0.29) is 18.9 Å². The van der Waals surface area contributed by atoms with Crippen LogP contribution in [-0.4, -0.2) is 74.5 Å². The van der Waals surface area contributed by atoms with Gasteiger partial charge in [-0.1, -0.05) is 30.3 Å². The van der Waals surface area contributed by atoms with Gasteiger partial charge in [-0.3, -0.25) is 4.79 Å². The maximum atomic E-state index is 12.3. The number of likely N-dealkylation sites (N-methyl/N-ethyl adjacent to an activating group) is 1. The lowest BCUT2D eigenvalue weighted by Crippen LogP contribution is -2.47. The van der Waals surface area contributed by atoms with E-state index in [4.69, 9.17) is 0 Å². The first-order chi connectivity index (χ1) is 10.9. The van der Waals surface area contributed by atoms with Gasteiger partial charge in [0.15, 0.2) is 0 Å². The molecule has 1 aromatic carbocycles. The molecule has 0 spiro atoms. The summed E-state index contributed by atoms with van der Waals surface area (Å²) in [5.41, 5.74) is 0.921. The minimum absolute atomic E-state index is 0.0276. The Morgan fingerprint density at radius 3 is 2.30 bits per heavy atom. The van der Waals surface area contributed by atoms with Crippen LogP contribution in [0.3, 0.4) is 0 Å². The summed E-state index contributed by atoms with van der Waals surface area (Å²) in [6.45, 7) is 3.69. The third kappa shape index (κ3) is 5.60. The second-order valence-corrected chi connectivity index (χ2v) is 8.00. The first kappa shape index (κ1) is 17.9. The predicted octanol–water partition coefficient (Wildman–Crippen LogP) is 0.612. The van der Waals surface area contributed by atoms with Crippen molar-refractivity contribution in [3.05, 3.63) is 35.9 Å². The van der Waals surface area contributed by atoms with Crippen LogP contribution in [0.4, 0.5) is 0 Å². The van der Waals surface area contributed by atoms with Crippen LogP contribution in [0.5, 0.6) is 0 Å². The van der Waals surface area contributed by atoms with E-state index in [1.807, 2.05) is 42.3 Å². The van der Waals surface area contributed by atoms with Crippen LogP contribution in [-0.2, 0) is 21.4 Å². The van der Waals surface area contributed by atoms with E-state index in [1.54, 1.807) is 0 Å². The average molecular weight is 339 g/mol. The van der Waals surface area contributed by atoms with E-state index in [9.17, 15) is 13.2 Å². The molecule has 1 fully saturated rings. The highest BCUT2D eigenvalue weighted by Crippen LogP contribution is 2.10. The Hall–Kier alpha value is -1.44. The van der Waals surface area contributed by atoms with Gasteiger partial charge in [-0.15, -0.1) is 0 Å². The van der Waals surface area contributed by atoms with E-state index in [2.05, 4.69) is 4.90 Å². The second-order valence-electron chi connectivity index (χ2n) is 6.02. The molecule has 1 aromatic rings. The smallest absolute Gasteiger partial charge is 0.223 e. The number of benzene rings is 1. The zero-order valence-corrected chi connectivity index (χ0v) is 14.6. The molecular formula is C16H25N3O3S. The summed E-state index contributed by atoms with van der Waals surface area (Å²) in [7, 11) is -1.31. The molecule has 0 radical (unpaired) electrons. The van der Waals surface area contributed by atoms with Crippen molar-refractivity contribution in [2.24, 2.45) is 0 Å². The number of nitrogens with zero attached hydrogens (tertiary/aromatic N) is 3. The fourth-order valence-electron chi connectivity index (χ4n) is 2.58. The molecule has 0 aliphatic carbocycles. The Morgan fingerprint density at radius 2 is 1.74 bits per heavy atom. The van der Waals surface area contributed by atoms with Crippen LogP contribution in [0.25, 0.3) is 0 Å². The molecule has 7 heteroatoms. The van der Waals surface area contributed by atoms with Gasteiger partial charge in [-0.05, 0) is 12.6 Å². The van der Waals surface area contributed by atoms with Gasteiger partial charge in [0, 0.05) is 45.7 Å². The molecule has 0 N–H and O–H groups in total. The molecule has 0 atom stereocenters. The van der Waals surface area contributed by atoms with E-state index in [0.717, 1.165) is 18.7 Å². The molecule has 1 heterocycles. The van der Waals surface area contributed by atoms with Crippen molar-refractivity contribution in [3.63, 3.8) is 0 Å². The zero-order chi connectivity index (χ0) is 16.9. The Balaban J connectivity index is 1.92. The van der Waals surface area contributed by atoms with Crippen LogP contribution in [0, 0.1) is 0 Å². The Morgan fingerprint density at radius 1 is 1.13 bits per heavy atom. The number of carbonyl (C=O) groups is 1. The molecule has 128 valence electrons. The summed E-state index contributed by atoms with van der Waals surface area (Å²) < 4.78 is 25.3. The Bertz CT molecular complexity index is 611. The fraction of sp³-hybridized carbons (Fsp3) is 0.562. The molecule has 1 saturated heterocycles. The third-order valence-electron chi connectivity index (χ3n) is 4.10. The number of rotatable bonds is 6. The highest BCUT2D eigenvalue weighted by molar-refractivity contribution is 7.88. The predicted molar refractivity (Wildman–Crippen MR) is 90.4 cm³/mol. The van der Waals surface area contributed by atoms with Gasteiger partial charge in [0.05, 0.1) is 6.26 Å². The van der Waals surface area contributed by atoms with E-state index >= 15 is 0 Å². The highest BCUT2D eigenvalue weighted by atomic mass is 32.2. The van der Waals surface area contributed by atoms with Crippen molar-refractivity contribution >= 4 is 15.9 Å². The first-order valence-electron chi connectivity index (χ1n) is 7.81. The molecule has 1 aliphatic rings. The molecule has 1 aliphatic heterocycles. The second kappa shape index (κ2) is 7.90. The zero-order valence-electron chi connectivity index (χ0n) is 13.8. The highest BCUT2D eigenvalue weighted by Gasteiger charge is 2.22. The maximum Gasteiger partial charge on any atom is 0.223 e. The topological polar surface area (TPSA) is 60.9 Å². The molecule has 6 nitrogen and oxygen atoms in total. The summed E-state index contributed by atoms with van der Waals surface area (Å²) in [5, 5.41) is 0. The van der Waals surface area contributed by atoms with Crippen molar-refractivity contribution in [2.75, 3.05) is 46.0 Å². The summed E-state index contributed by atoms with van der Waals surface area (Å²) in [6.07, 6.45) is 1.42. The maximum absolute atomic E-state index is 12.3. The third-order valence-corrected chi connectivity index (χ3v) is 5.35. The molecule has 0 bridgehead atoms. The molecule has 1 amide bonds. The van der Waals surface area contributed by atoms with Gasteiger partial charge >= 0.3 is 0 Å². The standard InChI is InChI=1S/C16H25N3O3S/c1-17-10-12-18(13-11-17)16(20)8-9-19(23(2,21)22)14-15-6-4-3-5-7-15/h3-7H,8-14H2,1-2H3. The van der Waals surface area contributed by atoms with Crippen molar-refractivity contribution in [1.82, 2.24) is 14.1 Å². The lowest BCUT2D eigenvalue weighted by Gasteiger charge is -2.33. The number of piperazine rings is 1.